The number of benzene rings is 1. The monoisotopic (exact) mass is 266 g/mol. The number of aliphatic hydroxyl groups excluding tert-OH is 1. The summed E-state index contributed by atoms with van der Waals surface area (Å²) in [4.78, 5) is 12.0. The van der Waals surface area contributed by atoms with E-state index in [1.165, 1.54) is 0 Å². The number of fused-ring (bicyclic) bond motifs is 1. The lowest BCUT2D eigenvalue weighted by molar-refractivity contribution is 0.0916. The molecule has 1 aromatic carbocycles. The molecule has 1 amide bonds. The Morgan fingerprint density at radius 3 is 2.78 bits per heavy atom. The largest absolute Gasteiger partial charge is 0.392 e. The molecule has 0 radical (unpaired) electrons. The molecular formula is C13H15ClN2O2. The normalized spacial score (nSPS) is 12.7. The molecule has 2 aromatic rings. The fraction of sp³-hybridized carbons (Fsp3) is 0.308. The van der Waals surface area contributed by atoms with Gasteiger partial charge in [0.25, 0.3) is 5.91 Å². The van der Waals surface area contributed by atoms with E-state index in [9.17, 15) is 9.90 Å². The van der Waals surface area contributed by atoms with Crippen molar-refractivity contribution >= 4 is 28.4 Å². The minimum Gasteiger partial charge on any atom is -0.392 e. The number of aliphatic hydroxyl groups is 1. The molecule has 96 valence electrons. The Morgan fingerprint density at radius 1 is 1.50 bits per heavy atom. The van der Waals surface area contributed by atoms with Crippen LogP contribution in [0.3, 0.4) is 0 Å². The minimum atomic E-state index is -0.581. The summed E-state index contributed by atoms with van der Waals surface area (Å²) in [5, 5.41) is 13.1. The number of hydrogen-bond acceptors (Lipinski definition) is 2. The van der Waals surface area contributed by atoms with Crippen LogP contribution in [0.2, 0.25) is 5.02 Å². The van der Waals surface area contributed by atoms with Gasteiger partial charge in [0.15, 0.2) is 0 Å². The Morgan fingerprint density at radius 2 is 2.17 bits per heavy atom. The number of nitrogens with one attached hydrogen (secondary N) is 1. The third-order valence-electron chi connectivity index (χ3n) is 2.82. The van der Waals surface area contributed by atoms with Crippen molar-refractivity contribution in [3.05, 3.63) is 35.0 Å². The van der Waals surface area contributed by atoms with E-state index in [-0.39, 0.29) is 12.5 Å². The predicted octanol–water partition coefficient (Wildman–Crippen LogP) is 1.94. The molecule has 1 heterocycles. The van der Waals surface area contributed by atoms with Crippen LogP contribution in [-0.4, -0.2) is 28.2 Å². The number of amides is 1. The summed E-state index contributed by atoms with van der Waals surface area (Å²) in [7, 11) is 1.80. The summed E-state index contributed by atoms with van der Waals surface area (Å²) in [5.74, 6) is -0.278. The van der Waals surface area contributed by atoms with E-state index >= 15 is 0 Å². The maximum absolute atomic E-state index is 12.0. The lowest BCUT2D eigenvalue weighted by atomic mass is 10.2. The number of carbonyl (C=O) groups excluding carboxylic acids is 1. The van der Waals surface area contributed by atoms with Crippen LogP contribution in [-0.2, 0) is 7.05 Å². The van der Waals surface area contributed by atoms with Crippen LogP contribution in [0.1, 0.15) is 17.4 Å². The van der Waals surface area contributed by atoms with Crippen LogP contribution in [0, 0.1) is 0 Å². The molecule has 0 spiro atoms. The van der Waals surface area contributed by atoms with E-state index in [0.717, 1.165) is 10.9 Å². The first kappa shape index (κ1) is 12.9. The number of para-hydroxylation sites is 1. The van der Waals surface area contributed by atoms with E-state index < -0.39 is 6.10 Å². The number of aryl methyl sites for hydroxylation is 1. The molecule has 2 rings (SSSR count). The van der Waals surface area contributed by atoms with Crippen LogP contribution in [0.5, 0.6) is 0 Å². The molecule has 0 aliphatic carbocycles. The summed E-state index contributed by atoms with van der Waals surface area (Å²) in [6, 6.07) is 7.57. The van der Waals surface area contributed by atoms with Gasteiger partial charge in [0, 0.05) is 24.5 Å². The summed E-state index contributed by atoms with van der Waals surface area (Å²) in [6.07, 6.45) is -0.581. The van der Waals surface area contributed by atoms with Gasteiger partial charge in [-0.3, -0.25) is 4.79 Å². The molecule has 1 unspecified atom stereocenters. The van der Waals surface area contributed by atoms with Gasteiger partial charge < -0.3 is 15.0 Å². The second-order valence-electron chi connectivity index (χ2n) is 4.30. The second kappa shape index (κ2) is 5.00. The van der Waals surface area contributed by atoms with Crippen LogP contribution in [0.4, 0.5) is 0 Å². The topological polar surface area (TPSA) is 54.3 Å². The number of nitrogens with zero attached hydrogens (tertiary/aromatic N) is 1. The first-order valence-electron chi connectivity index (χ1n) is 5.71. The molecule has 0 fully saturated rings. The average Bonchev–Trinajstić information content (AvgIpc) is 2.60. The van der Waals surface area contributed by atoms with Gasteiger partial charge in [-0.25, -0.2) is 0 Å². The molecule has 5 heteroatoms. The summed E-state index contributed by atoms with van der Waals surface area (Å²) >= 11 is 6.23. The Bertz CT molecular complexity index is 551. The van der Waals surface area contributed by atoms with Crippen molar-refractivity contribution in [3.63, 3.8) is 0 Å². The fourth-order valence-corrected chi connectivity index (χ4v) is 2.30. The summed E-state index contributed by atoms with van der Waals surface area (Å²) in [6.45, 7) is 1.82. The molecule has 0 saturated heterocycles. The molecule has 2 N–H and O–H groups in total. The Labute approximate surface area is 110 Å². The second-order valence-corrected chi connectivity index (χ2v) is 4.68. The molecule has 0 saturated carbocycles. The lowest BCUT2D eigenvalue weighted by Gasteiger charge is -2.08. The van der Waals surface area contributed by atoms with E-state index in [0.29, 0.717) is 10.7 Å². The zero-order chi connectivity index (χ0) is 13.3. The Balaban J connectivity index is 2.42. The zero-order valence-corrected chi connectivity index (χ0v) is 11.0. The molecule has 0 aliphatic rings. The zero-order valence-electron chi connectivity index (χ0n) is 10.3. The third-order valence-corrected chi connectivity index (χ3v) is 3.20. The molecule has 1 atom stereocenters. The number of carbonyl (C=O) groups is 1. The highest BCUT2D eigenvalue weighted by Gasteiger charge is 2.19. The first-order chi connectivity index (χ1) is 8.52. The van der Waals surface area contributed by atoms with E-state index in [1.54, 1.807) is 18.5 Å². The van der Waals surface area contributed by atoms with Crippen molar-refractivity contribution in [1.82, 2.24) is 9.88 Å². The Kier molecular flexibility index (Phi) is 3.59. The highest BCUT2D eigenvalue weighted by atomic mass is 35.5. The molecule has 0 aliphatic heterocycles. The number of halogens is 1. The van der Waals surface area contributed by atoms with Crippen molar-refractivity contribution in [2.45, 2.75) is 13.0 Å². The SMILES string of the molecule is CC(O)CNC(=O)c1c(Cl)c2ccccc2n1C. The molecule has 1 aromatic heterocycles. The van der Waals surface area contributed by atoms with Gasteiger partial charge in [-0.2, -0.15) is 0 Å². The molecular weight excluding hydrogens is 252 g/mol. The smallest absolute Gasteiger partial charge is 0.269 e. The van der Waals surface area contributed by atoms with Gasteiger partial charge >= 0.3 is 0 Å². The van der Waals surface area contributed by atoms with Gasteiger partial charge in [-0.1, -0.05) is 29.8 Å². The fourth-order valence-electron chi connectivity index (χ4n) is 1.92. The summed E-state index contributed by atoms with van der Waals surface area (Å²) in [5.41, 5.74) is 1.32. The molecule has 0 bridgehead atoms. The van der Waals surface area contributed by atoms with Gasteiger partial charge in [-0.15, -0.1) is 0 Å². The quantitative estimate of drug-likeness (QED) is 0.892. The minimum absolute atomic E-state index is 0.205. The number of rotatable bonds is 3. The van der Waals surface area contributed by atoms with Crippen molar-refractivity contribution in [2.75, 3.05) is 6.54 Å². The third kappa shape index (κ3) is 2.21. The maximum Gasteiger partial charge on any atom is 0.269 e. The summed E-state index contributed by atoms with van der Waals surface area (Å²) < 4.78 is 1.76. The van der Waals surface area contributed by atoms with Crippen LogP contribution >= 0.6 is 11.6 Å². The highest BCUT2D eigenvalue weighted by molar-refractivity contribution is 6.38. The standard InChI is InChI=1S/C13H15ClN2O2/c1-8(17)7-15-13(18)12-11(14)9-5-3-4-6-10(9)16(12)2/h3-6,8,17H,7H2,1-2H3,(H,15,18). The van der Waals surface area contributed by atoms with Crippen LogP contribution < -0.4 is 5.32 Å². The van der Waals surface area contributed by atoms with Gasteiger partial charge in [0.2, 0.25) is 0 Å². The first-order valence-corrected chi connectivity index (χ1v) is 6.09. The van der Waals surface area contributed by atoms with E-state index in [4.69, 9.17) is 11.6 Å². The number of hydrogen-bond donors (Lipinski definition) is 2. The van der Waals surface area contributed by atoms with Crippen molar-refractivity contribution in [2.24, 2.45) is 7.05 Å². The van der Waals surface area contributed by atoms with E-state index in [1.807, 2.05) is 24.3 Å². The maximum atomic E-state index is 12.0. The van der Waals surface area contributed by atoms with Gasteiger partial charge in [0.05, 0.1) is 11.1 Å². The van der Waals surface area contributed by atoms with Crippen molar-refractivity contribution in [1.29, 1.82) is 0 Å². The Hall–Kier alpha value is -1.52. The van der Waals surface area contributed by atoms with Crippen LogP contribution in [0.25, 0.3) is 10.9 Å². The van der Waals surface area contributed by atoms with Gasteiger partial charge in [-0.05, 0) is 13.0 Å². The highest BCUT2D eigenvalue weighted by Crippen LogP contribution is 2.29. The lowest BCUT2D eigenvalue weighted by Crippen LogP contribution is -2.31. The number of aromatic nitrogens is 1. The van der Waals surface area contributed by atoms with Crippen molar-refractivity contribution < 1.29 is 9.90 Å². The average molecular weight is 267 g/mol. The van der Waals surface area contributed by atoms with Gasteiger partial charge in [0.1, 0.15) is 5.69 Å². The molecule has 4 nitrogen and oxygen atoms in total. The molecule has 18 heavy (non-hydrogen) atoms. The van der Waals surface area contributed by atoms with E-state index in [2.05, 4.69) is 5.32 Å². The van der Waals surface area contributed by atoms with Crippen LogP contribution in [0.15, 0.2) is 24.3 Å². The van der Waals surface area contributed by atoms with Crippen molar-refractivity contribution in [3.8, 4) is 0 Å². The predicted molar refractivity (Wildman–Crippen MR) is 71.9 cm³/mol.